The van der Waals surface area contributed by atoms with Gasteiger partial charge in [0.15, 0.2) is 5.75 Å². The van der Waals surface area contributed by atoms with Gasteiger partial charge in [-0.3, -0.25) is 9.69 Å². The number of aryl methyl sites for hydroxylation is 1. The number of nitrogens with zero attached hydrogens (tertiary/aromatic N) is 3. The number of urea groups is 1. The Balaban J connectivity index is 1.81. The summed E-state index contributed by atoms with van der Waals surface area (Å²) < 4.78 is 6.50. The van der Waals surface area contributed by atoms with E-state index in [1.807, 2.05) is 32.0 Å². The van der Waals surface area contributed by atoms with Crippen molar-refractivity contribution < 1.29 is 19.4 Å². The third kappa shape index (κ3) is 5.43. The molecule has 2 amide bonds. The number of rotatable bonds is 8. The second-order valence-electron chi connectivity index (χ2n) is 8.06. The minimum absolute atomic E-state index is 0.0770. The normalized spacial score (nSPS) is 11.7. The summed E-state index contributed by atoms with van der Waals surface area (Å²) in [5.41, 5.74) is 2.05. The van der Waals surface area contributed by atoms with Crippen LogP contribution in [0.3, 0.4) is 0 Å². The van der Waals surface area contributed by atoms with Crippen LogP contribution in [0.15, 0.2) is 65.6 Å². The van der Waals surface area contributed by atoms with Crippen LogP contribution >= 0.6 is 0 Å². The number of nitrogens with one attached hydrogen (secondary N) is 1. The van der Waals surface area contributed by atoms with Crippen LogP contribution in [0.1, 0.15) is 19.4 Å². The average molecular weight is 465 g/mol. The number of carbonyl (C=O) groups is 2. The van der Waals surface area contributed by atoms with Crippen LogP contribution in [0.4, 0.5) is 10.5 Å². The number of aliphatic carboxylic acids is 1. The summed E-state index contributed by atoms with van der Waals surface area (Å²) in [7, 11) is 3.01. The van der Waals surface area contributed by atoms with E-state index in [1.165, 1.54) is 22.9 Å². The molecule has 0 saturated carbocycles. The first kappa shape index (κ1) is 24.5. The Labute approximate surface area is 197 Å². The molecule has 0 saturated heterocycles. The lowest BCUT2D eigenvalue weighted by Gasteiger charge is -2.28. The first-order valence-corrected chi connectivity index (χ1v) is 10.8. The number of carboxylic acids is 1. The van der Waals surface area contributed by atoms with Gasteiger partial charge in [0.25, 0.3) is 5.56 Å². The highest BCUT2D eigenvalue weighted by Gasteiger charge is 2.26. The molecule has 2 N–H and O–H groups in total. The van der Waals surface area contributed by atoms with Gasteiger partial charge in [0.1, 0.15) is 6.04 Å². The van der Waals surface area contributed by atoms with Crippen molar-refractivity contribution >= 4 is 17.7 Å². The van der Waals surface area contributed by atoms with Crippen molar-refractivity contribution in [3.05, 3.63) is 76.7 Å². The molecule has 3 aromatic rings. The Hall–Kier alpha value is -4.14. The maximum Gasteiger partial charge on any atom is 0.326 e. The van der Waals surface area contributed by atoms with E-state index >= 15 is 0 Å². The fourth-order valence-electron chi connectivity index (χ4n) is 3.64. The Kier molecular flexibility index (Phi) is 7.68. The van der Waals surface area contributed by atoms with Crippen molar-refractivity contribution in [2.24, 2.45) is 7.05 Å². The maximum absolute atomic E-state index is 13.0. The topological polar surface area (TPSA) is 114 Å². The molecule has 0 aliphatic heterocycles. The first-order chi connectivity index (χ1) is 16.2. The molecule has 1 atom stereocenters. The lowest BCUT2D eigenvalue weighted by molar-refractivity contribution is -0.139. The zero-order chi connectivity index (χ0) is 24.8. The van der Waals surface area contributed by atoms with Gasteiger partial charge in [-0.15, -0.1) is 0 Å². The molecule has 0 fully saturated rings. The van der Waals surface area contributed by atoms with Gasteiger partial charge in [0.2, 0.25) is 0 Å². The van der Waals surface area contributed by atoms with Crippen molar-refractivity contribution in [2.75, 3.05) is 12.0 Å². The zero-order valence-electron chi connectivity index (χ0n) is 19.6. The van der Waals surface area contributed by atoms with Crippen LogP contribution < -0.4 is 20.5 Å². The Morgan fingerprint density at radius 1 is 1.12 bits per heavy atom. The summed E-state index contributed by atoms with van der Waals surface area (Å²) in [5.74, 6) is -0.792. The Morgan fingerprint density at radius 3 is 2.32 bits per heavy atom. The van der Waals surface area contributed by atoms with Gasteiger partial charge < -0.3 is 15.2 Å². The summed E-state index contributed by atoms with van der Waals surface area (Å²) in [6.07, 6.45) is 1.54. The van der Waals surface area contributed by atoms with E-state index in [4.69, 9.17) is 4.74 Å². The van der Waals surface area contributed by atoms with E-state index in [9.17, 15) is 19.5 Å². The molecule has 0 aliphatic rings. The summed E-state index contributed by atoms with van der Waals surface area (Å²) in [4.78, 5) is 39.0. The van der Waals surface area contributed by atoms with E-state index in [-0.39, 0.29) is 18.0 Å². The van der Waals surface area contributed by atoms with Crippen molar-refractivity contribution in [2.45, 2.75) is 32.4 Å². The molecule has 0 unspecified atom stereocenters. The number of hydrogen-bond acceptors (Lipinski definition) is 5. The molecule has 3 rings (SSSR count). The van der Waals surface area contributed by atoms with Crippen LogP contribution in [0.5, 0.6) is 5.75 Å². The van der Waals surface area contributed by atoms with Crippen LogP contribution in [-0.4, -0.2) is 46.1 Å². The van der Waals surface area contributed by atoms with Gasteiger partial charge in [-0.25, -0.2) is 14.3 Å². The van der Waals surface area contributed by atoms with E-state index < -0.39 is 18.0 Å². The maximum atomic E-state index is 13.0. The standard InChI is InChI=1S/C25H28N4O5/c1-16(2)29(19-8-6-5-7-9-19)25(33)27-20(24(31)32)14-17-10-12-18(13-11-17)22-21(34-4)15-26-28(3)23(22)30/h5-13,15-16,20H,14H2,1-4H3,(H,27,33)(H,31,32)/t20-/m0/s1. The van der Waals surface area contributed by atoms with Gasteiger partial charge in [-0.05, 0) is 37.1 Å². The van der Waals surface area contributed by atoms with Gasteiger partial charge in [-0.1, -0.05) is 42.5 Å². The third-order valence-corrected chi connectivity index (χ3v) is 5.37. The quantitative estimate of drug-likeness (QED) is 0.530. The number of para-hydroxylation sites is 1. The second-order valence-corrected chi connectivity index (χ2v) is 8.06. The van der Waals surface area contributed by atoms with E-state index in [1.54, 1.807) is 43.4 Å². The Bertz CT molecular complexity index is 1210. The predicted octanol–water partition coefficient (Wildman–Crippen LogP) is 3.08. The van der Waals surface area contributed by atoms with E-state index in [0.29, 0.717) is 28.1 Å². The van der Waals surface area contributed by atoms with Crippen molar-refractivity contribution in [1.29, 1.82) is 0 Å². The number of carbonyl (C=O) groups excluding carboxylic acids is 1. The third-order valence-electron chi connectivity index (χ3n) is 5.37. The monoisotopic (exact) mass is 464 g/mol. The molecule has 0 spiro atoms. The minimum Gasteiger partial charge on any atom is -0.494 e. The molecule has 0 bridgehead atoms. The fourth-order valence-corrected chi connectivity index (χ4v) is 3.64. The number of methoxy groups -OCH3 is 1. The SMILES string of the molecule is COc1cnn(C)c(=O)c1-c1ccc(C[C@H](NC(=O)N(c2ccccc2)C(C)C)C(=O)O)cc1. The summed E-state index contributed by atoms with van der Waals surface area (Å²) >= 11 is 0. The molecule has 2 aromatic carbocycles. The molecule has 9 heteroatoms. The van der Waals surface area contributed by atoms with Crippen LogP contribution in [0.25, 0.3) is 11.1 Å². The smallest absolute Gasteiger partial charge is 0.326 e. The molecule has 1 heterocycles. The molecular formula is C25H28N4O5. The number of hydrogen-bond donors (Lipinski definition) is 2. The molecule has 34 heavy (non-hydrogen) atoms. The van der Waals surface area contributed by atoms with Crippen molar-refractivity contribution in [3.63, 3.8) is 0 Å². The van der Waals surface area contributed by atoms with E-state index in [0.717, 1.165) is 0 Å². The number of aromatic nitrogens is 2. The number of anilines is 1. The van der Waals surface area contributed by atoms with Gasteiger partial charge in [0, 0.05) is 25.2 Å². The highest BCUT2D eigenvalue weighted by Crippen LogP contribution is 2.26. The lowest BCUT2D eigenvalue weighted by Crippen LogP contribution is -2.51. The molecule has 1 aromatic heterocycles. The van der Waals surface area contributed by atoms with Crippen LogP contribution in [-0.2, 0) is 18.3 Å². The zero-order valence-corrected chi connectivity index (χ0v) is 19.6. The largest absolute Gasteiger partial charge is 0.494 e. The van der Waals surface area contributed by atoms with Crippen molar-refractivity contribution in [1.82, 2.24) is 15.1 Å². The van der Waals surface area contributed by atoms with Gasteiger partial charge in [-0.2, -0.15) is 5.10 Å². The molecule has 178 valence electrons. The molecule has 9 nitrogen and oxygen atoms in total. The van der Waals surface area contributed by atoms with Gasteiger partial charge in [0.05, 0.1) is 18.9 Å². The Morgan fingerprint density at radius 2 is 1.76 bits per heavy atom. The molecule has 0 aliphatic carbocycles. The average Bonchev–Trinajstić information content (AvgIpc) is 2.81. The lowest BCUT2D eigenvalue weighted by atomic mass is 10.0. The minimum atomic E-state index is -1.14. The number of amides is 2. The number of carboxylic acid groups (broad SMARTS) is 1. The second kappa shape index (κ2) is 10.7. The summed E-state index contributed by atoms with van der Waals surface area (Å²) in [6.45, 7) is 3.72. The molecule has 0 radical (unpaired) electrons. The fraction of sp³-hybridized carbons (Fsp3) is 0.280. The van der Waals surface area contributed by atoms with Crippen LogP contribution in [0, 0.1) is 0 Å². The van der Waals surface area contributed by atoms with Crippen LogP contribution in [0.2, 0.25) is 0 Å². The highest BCUT2D eigenvalue weighted by molar-refractivity contribution is 5.95. The van der Waals surface area contributed by atoms with Gasteiger partial charge >= 0.3 is 12.0 Å². The number of ether oxygens (including phenoxy) is 1. The highest BCUT2D eigenvalue weighted by atomic mass is 16.5. The number of benzene rings is 2. The first-order valence-electron chi connectivity index (χ1n) is 10.8. The molecular weight excluding hydrogens is 436 g/mol. The summed E-state index contributed by atoms with van der Waals surface area (Å²) in [5, 5.41) is 16.3. The summed E-state index contributed by atoms with van der Waals surface area (Å²) in [6, 6.07) is 14.2. The van der Waals surface area contributed by atoms with Crippen molar-refractivity contribution in [3.8, 4) is 16.9 Å². The van der Waals surface area contributed by atoms with E-state index in [2.05, 4.69) is 10.4 Å². The predicted molar refractivity (Wildman–Crippen MR) is 129 cm³/mol.